The van der Waals surface area contributed by atoms with E-state index in [1.54, 1.807) is 12.3 Å². The van der Waals surface area contributed by atoms with Crippen LogP contribution in [0.2, 0.25) is 0 Å². The Labute approximate surface area is 139 Å². The highest BCUT2D eigenvalue weighted by atomic mass is 16.2. The molecule has 1 aromatic heterocycles. The summed E-state index contributed by atoms with van der Waals surface area (Å²) in [6.07, 6.45) is 1.32. The highest BCUT2D eigenvalue weighted by molar-refractivity contribution is 5.91. The van der Waals surface area contributed by atoms with Gasteiger partial charge in [0, 0.05) is 13.2 Å². The molecule has 126 valence electrons. The summed E-state index contributed by atoms with van der Waals surface area (Å²) in [7, 11) is 1.42. The zero-order valence-electron chi connectivity index (χ0n) is 13.2. The molecule has 0 saturated carbocycles. The number of benzene rings is 1. The molecule has 1 atom stereocenters. The molecule has 0 saturated heterocycles. The van der Waals surface area contributed by atoms with Gasteiger partial charge in [-0.3, -0.25) is 19.1 Å². The van der Waals surface area contributed by atoms with Crippen LogP contribution in [-0.2, 0) is 20.9 Å². The second kappa shape index (κ2) is 7.91. The van der Waals surface area contributed by atoms with E-state index in [0.717, 1.165) is 11.3 Å². The van der Waals surface area contributed by atoms with E-state index in [2.05, 4.69) is 15.7 Å². The lowest BCUT2D eigenvalue weighted by molar-refractivity contribution is -0.131. The Hall–Kier alpha value is -3.16. The lowest BCUT2D eigenvalue weighted by Gasteiger charge is -2.16. The Balaban J connectivity index is 2.08. The third kappa shape index (κ3) is 4.42. The zero-order valence-corrected chi connectivity index (χ0v) is 13.2. The van der Waals surface area contributed by atoms with Gasteiger partial charge in [-0.25, -0.2) is 0 Å². The standard InChI is InChI=1S/C16H19N5O3/c1-18-16(24)12(9-14(17)22)20-15(23)10-21-13(7-8-19-21)11-5-3-2-4-6-11/h2-8,12H,9-10H2,1H3,(H2,17,22)(H,18,24)(H,20,23)/t12-/m0/s1. The van der Waals surface area contributed by atoms with Crippen LogP contribution in [0.15, 0.2) is 42.6 Å². The van der Waals surface area contributed by atoms with E-state index in [1.165, 1.54) is 11.7 Å². The largest absolute Gasteiger partial charge is 0.370 e. The molecule has 4 N–H and O–H groups in total. The Kier molecular flexibility index (Phi) is 5.67. The van der Waals surface area contributed by atoms with Crippen LogP contribution in [0.3, 0.4) is 0 Å². The second-order valence-corrected chi connectivity index (χ2v) is 5.14. The first-order valence-electron chi connectivity index (χ1n) is 7.37. The number of carbonyl (C=O) groups is 3. The molecule has 3 amide bonds. The number of aromatic nitrogens is 2. The number of nitrogens with one attached hydrogen (secondary N) is 2. The van der Waals surface area contributed by atoms with Crippen molar-refractivity contribution in [3.05, 3.63) is 42.6 Å². The molecule has 2 aromatic rings. The maximum atomic E-state index is 12.2. The predicted molar refractivity (Wildman–Crippen MR) is 87.5 cm³/mol. The van der Waals surface area contributed by atoms with Crippen molar-refractivity contribution >= 4 is 17.7 Å². The van der Waals surface area contributed by atoms with Gasteiger partial charge in [-0.05, 0) is 11.6 Å². The van der Waals surface area contributed by atoms with Crippen molar-refractivity contribution in [1.82, 2.24) is 20.4 Å². The van der Waals surface area contributed by atoms with Crippen LogP contribution in [0.25, 0.3) is 11.3 Å². The number of hydrogen-bond acceptors (Lipinski definition) is 4. The van der Waals surface area contributed by atoms with Gasteiger partial charge in [0.15, 0.2) is 0 Å². The quantitative estimate of drug-likeness (QED) is 0.643. The van der Waals surface area contributed by atoms with Gasteiger partial charge in [0.2, 0.25) is 17.7 Å². The van der Waals surface area contributed by atoms with Crippen LogP contribution in [0.5, 0.6) is 0 Å². The maximum Gasteiger partial charge on any atom is 0.242 e. The summed E-state index contributed by atoms with van der Waals surface area (Å²) in [4.78, 5) is 35.0. The van der Waals surface area contributed by atoms with Crippen LogP contribution in [0.4, 0.5) is 0 Å². The van der Waals surface area contributed by atoms with Crippen molar-refractivity contribution in [1.29, 1.82) is 0 Å². The first kappa shape index (κ1) is 17.2. The van der Waals surface area contributed by atoms with E-state index in [0.29, 0.717) is 0 Å². The molecule has 0 bridgehead atoms. The maximum absolute atomic E-state index is 12.2. The minimum atomic E-state index is -1.00. The van der Waals surface area contributed by atoms with Crippen molar-refractivity contribution in [2.45, 2.75) is 19.0 Å². The van der Waals surface area contributed by atoms with Crippen LogP contribution in [0.1, 0.15) is 6.42 Å². The summed E-state index contributed by atoms with van der Waals surface area (Å²) in [6.45, 7) is -0.0799. The predicted octanol–water partition coefficient (Wildman–Crippen LogP) is -0.344. The van der Waals surface area contributed by atoms with Gasteiger partial charge in [-0.15, -0.1) is 0 Å². The number of nitrogens with two attached hydrogens (primary N) is 1. The number of amides is 3. The zero-order chi connectivity index (χ0) is 17.5. The molecular weight excluding hydrogens is 310 g/mol. The Bertz CT molecular complexity index is 726. The molecule has 8 nitrogen and oxygen atoms in total. The number of hydrogen-bond donors (Lipinski definition) is 3. The Morgan fingerprint density at radius 2 is 1.92 bits per heavy atom. The molecular formula is C16H19N5O3. The van der Waals surface area contributed by atoms with Crippen LogP contribution >= 0.6 is 0 Å². The van der Waals surface area contributed by atoms with Crippen LogP contribution in [-0.4, -0.2) is 40.6 Å². The van der Waals surface area contributed by atoms with Gasteiger partial charge in [0.25, 0.3) is 0 Å². The average Bonchev–Trinajstić information content (AvgIpc) is 3.01. The molecule has 0 aliphatic rings. The fourth-order valence-corrected chi connectivity index (χ4v) is 2.27. The molecule has 2 rings (SSSR count). The van der Waals surface area contributed by atoms with Crippen molar-refractivity contribution in [3.63, 3.8) is 0 Å². The van der Waals surface area contributed by atoms with E-state index in [9.17, 15) is 14.4 Å². The van der Waals surface area contributed by atoms with Gasteiger partial charge in [0.05, 0.1) is 12.1 Å². The fourth-order valence-electron chi connectivity index (χ4n) is 2.27. The van der Waals surface area contributed by atoms with E-state index >= 15 is 0 Å². The SMILES string of the molecule is CNC(=O)[C@H](CC(N)=O)NC(=O)Cn1nccc1-c1ccccc1. The van der Waals surface area contributed by atoms with Gasteiger partial charge >= 0.3 is 0 Å². The highest BCUT2D eigenvalue weighted by Crippen LogP contribution is 2.17. The molecule has 24 heavy (non-hydrogen) atoms. The van der Waals surface area contributed by atoms with E-state index in [-0.39, 0.29) is 13.0 Å². The third-order valence-electron chi connectivity index (χ3n) is 3.38. The minimum Gasteiger partial charge on any atom is -0.370 e. The van der Waals surface area contributed by atoms with Crippen LogP contribution in [0, 0.1) is 0 Å². The van der Waals surface area contributed by atoms with Crippen molar-refractivity contribution in [3.8, 4) is 11.3 Å². The molecule has 0 spiro atoms. The molecule has 1 aromatic carbocycles. The minimum absolute atomic E-state index is 0.0799. The second-order valence-electron chi connectivity index (χ2n) is 5.14. The number of nitrogens with zero attached hydrogens (tertiary/aromatic N) is 2. The van der Waals surface area contributed by atoms with Crippen molar-refractivity contribution < 1.29 is 14.4 Å². The molecule has 0 unspecified atom stereocenters. The lowest BCUT2D eigenvalue weighted by atomic mass is 10.1. The number of rotatable bonds is 7. The number of likely N-dealkylation sites (N-methyl/N-ethyl adjacent to an activating group) is 1. The van der Waals surface area contributed by atoms with Crippen molar-refractivity contribution in [2.24, 2.45) is 5.73 Å². The highest BCUT2D eigenvalue weighted by Gasteiger charge is 2.22. The van der Waals surface area contributed by atoms with Crippen molar-refractivity contribution in [2.75, 3.05) is 7.05 Å². The Morgan fingerprint density at radius 1 is 1.21 bits per heavy atom. The summed E-state index contributed by atoms with van der Waals surface area (Å²) in [5.74, 6) is -1.59. The normalized spacial score (nSPS) is 11.5. The molecule has 1 heterocycles. The van der Waals surface area contributed by atoms with E-state index in [4.69, 9.17) is 5.73 Å². The molecule has 0 radical (unpaired) electrons. The van der Waals surface area contributed by atoms with E-state index in [1.807, 2.05) is 30.3 Å². The average molecular weight is 329 g/mol. The lowest BCUT2D eigenvalue weighted by Crippen LogP contribution is -2.48. The van der Waals surface area contributed by atoms with Gasteiger partial charge in [0.1, 0.15) is 12.6 Å². The Morgan fingerprint density at radius 3 is 2.54 bits per heavy atom. The number of carbonyl (C=O) groups excluding carboxylic acids is 3. The van der Waals surface area contributed by atoms with E-state index < -0.39 is 23.8 Å². The smallest absolute Gasteiger partial charge is 0.242 e. The van der Waals surface area contributed by atoms with Gasteiger partial charge in [-0.2, -0.15) is 5.10 Å². The molecule has 0 aliphatic carbocycles. The topological polar surface area (TPSA) is 119 Å². The molecule has 0 aliphatic heterocycles. The molecule has 0 fully saturated rings. The summed E-state index contributed by atoms with van der Waals surface area (Å²) in [5, 5.41) is 9.02. The third-order valence-corrected chi connectivity index (χ3v) is 3.38. The number of primary amides is 1. The first-order chi connectivity index (χ1) is 11.5. The van der Waals surface area contributed by atoms with Gasteiger partial charge < -0.3 is 16.4 Å². The summed E-state index contributed by atoms with van der Waals surface area (Å²) in [6, 6.07) is 10.3. The summed E-state index contributed by atoms with van der Waals surface area (Å²) in [5.41, 5.74) is 6.80. The first-order valence-corrected chi connectivity index (χ1v) is 7.37. The summed E-state index contributed by atoms with van der Waals surface area (Å²) >= 11 is 0. The monoisotopic (exact) mass is 329 g/mol. The van der Waals surface area contributed by atoms with Gasteiger partial charge in [-0.1, -0.05) is 30.3 Å². The fraction of sp³-hybridized carbons (Fsp3) is 0.250. The summed E-state index contributed by atoms with van der Waals surface area (Å²) < 4.78 is 1.52. The van der Waals surface area contributed by atoms with Crippen LogP contribution < -0.4 is 16.4 Å². The molecule has 8 heteroatoms.